The Balaban J connectivity index is 4.20. The number of allylic oxidation sites excluding steroid dienone is 8. The third-order valence-corrected chi connectivity index (χ3v) is 16.3. The van der Waals surface area contributed by atoms with Gasteiger partial charge in [-0.25, -0.2) is 0 Å². The molecule has 0 fully saturated rings. The molecule has 0 saturated heterocycles. The molecule has 1 unspecified atom stereocenters. The molecule has 0 aliphatic heterocycles. The smallest absolute Gasteiger partial charge is 0.306 e. The number of unbranched alkanes of at least 4 members (excludes halogenated alkanes) is 48. The van der Waals surface area contributed by atoms with Crippen LogP contribution in [0.3, 0.4) is 0 Å². The van der Waals surface area contributed by atoms with Gasteiger partial charge in [0.2, 0.25) is 0 Å². The van der Waals surface area contributed by atoms with Crippen molar-refractivity contribution in [1.82, 2.24) is 0 Å². The second-order valence-electron chi connectivity index (χ2n) is 24.5. The first kappa shape index (κ1) is 78.4. The van der Waals surface area contributed by atoms with E-state index in [0.29, 0.717) is 19.3 Å². The van der Waals surface area contributed by atoms with Gasteiger partial charge in [0.15, 0.2) is 6.10 Å². The summed E-state index contributed by atoms with van der Waals surface area (Å²) in [5, 5.41) is 0. The summed E-state index contributed by atoms with van der Waals surface area (Å²) in [7, 11) is 0. The highest BCUT2D eigenvalue weighted by Gasteiger charge is 2.19. The summed E-state index contributed by atoms with van der Waals surface area (Å²) >= 11 is 0. The van der Waals surface area contributed by atoms with Gasteiger partial charge in [0.25, 0.3) is 0 Å². The Morgan fingerprint density at radius 2 is 0.444 bits per heavy atom. The second kappa shape index (κ2) is 69.9. The Bertz CT molecular complexity index is 1400. The third kappa shape index (κ3) is 68.0. The Morgan fingerprint density at radius 3 is 0.728 bits per heavy atom. The van der Waals surface area contributed by atoms with E-state index in [1.54, 1.807) is 0 Å². The lowest BCUT2D eigenvalue weighted by Gasteiger charge is -2.18. The zero-order valence-corrected chi connectivity index (χ0v) is 54.6. The minimum Gasteiger partial charge on any atom is -0.462 e. The molecule has 1 atom stereocenters. The van der Waals surface area contributed by atoms with Crippen molar-refractivity contribution in [3.05, 3.63) is 48.6 Å². The predicted molar refractivity (Wildman–Crippen MR) is 353 cm³/mol. The minimum atomic E-state index is -0.780. The van der Waals surface area contributed by atoms with Gasteiger partial charge in [-0.2, -0.15) is 0 Å². The van der Waals surface area contributed by atoms with Crippen molar-refractivity contribution in [3.63, 3.8) is 0 Å². The number of carbonyl (C=O) groups is 3. The average Bonchev–Trinajstić information content (AvgIpc) is 3.47. The van der Waals surface area contributed by atoms with Crippen LogP contribution >= 0.6 is 0 Å². The first-order valence-corrected chi connectivity index (χ1v) is 36.1. The van der Waals surface area contributed by atoms with Crippen LogP contribution in [-0.4, -0.2) is 37.2 Å². The van der Waals surface area contributed by atoms with Crippen LogP contribution in [0.5, 0.6) is 0 Å². The van der Waals surface area contributed by atoms with Crippen LogP contribution in [0.4, 0.5) is 0 Å². The van der Waals surface area contributed by atoms with E-state index in [1.807, 2.05) is 0 Å². The van der Waals surface area contributed by atoms with Crippen molar-refractivity contribution < 1.29 is 28.6 Å². The fraction of sp³-hybridized carbons (Fsp3) is 0.853. The lowest BCUT2D eigenvalue weighted by Crippen LogP contribution is -2.30. The molecule has 0 aliphatic carbocycles. The fourth-order valence-corrected chi connectivity index (χ4v) is 10.9. The maximum Gasteiger partial charge on any atom is 0.306 e. The molecule has 0 spiro atoms. The van der Waals surface area contributed by atoms with Crippen LogP contribution in [0.2, 0.25) is 0 Å². The molecule has 0 aliphatic rings. The largest absolute Gasteiger partial charge is 0.462 e. The molecule has 81 heavy (non-hydrogen) atoms. The van der Waals surface area contributed by atoms with Crippen LogP contribution in [0.1, 0.15) is 393 Å². The number of esters is 3. The van der Waals surface area contributed by atoms with E-state index >= 15 is 0 Å². The van der Waals surface area contributed by atoms with Gasteiger partial charge in [-0.15, -0.1) is 0 Å². The summed E-state index contributed by atoms with van der Waals surface area (Å²) < 4.78 is 17.0. The highest BCUT2D eigenvalue weighted by Crippen LogP contribution is 2.18. The summed E-state index contributed by atoms with van der Waals surface area (Å²) in [5.41, 5.74) is 0. The zero-order valence-electron chi connectivity index (χ0n) is 54.6. The molecule has 0 saturated carbocycles. The van der Waals surface area contributed by atoms with Crippen molar-refractivity contribution in [2.75, 3.05) is 13.2 Å². The number of hydrogen-bond donors (Lipinski definition) is 0. The van der Waals surface area contributed by atoms with E-state index in [4.69, 9.17) is 14.2 Å². The molecule has 0 amide bonds. The van der Waals surface area contributed by atoms with Gasteiger partial charge < -0.3 is 14.2 Å². The predicted octanol–water partition coefficient (Wildman–Crippen LogP) is 24.9. The number of rotatable bonds is 67. The monoisotopic (exact) mass is 1140 g/mol. The topological polar surface area (TPSA) is 78.9 Å². The minimum absolute atomic E-state index is 0.0749. The second-order valence-corrected chi connectivity index (χ2v) is 24.5. The van der Waals surface area contributed by atoms with Gasteiger partial charge in [-0.05, 0) is 83.5 Å². The lowest BCUT2D eigenvalue weighted by atomic mass is 10.0. The maximum atomic E-state index is 12.9. The van der Waals surface area contributed by atoms with Gasteiger partial charge in [-0.3, -0.25) is 14.4 Å². The van der Waals surface area contributed by atoms with Crippen molar-refractivity contribution in [3.8, 4) is 0 Å². The van der Waals surface area contributed by atoms with Gasteiger partial charge in [0, 0.05) is 19.3 Å². The zero-order chi connectivity index (χ0) is 58.5. The molecule has 0 aromatic heterocycles. The molecular weight excluding hydrogens is 997 g/mol. The van der Waals surface area contributed by atoms with E-state index in [1.165, 1.54) is 270 Å². The molecule has 0 rings (SSSR count). The molecule has 0 aromatic rings. The van der Waals surface area contributed by atoms with E-state index < -0.39 is 6.10 Å². The highest BCUT2D eigenvalue weighted by molar-refractivity contribution is 5.71. The summed E-state index contributed by atoms with van der Waals surface area (Å²) in [6.45, 7) is 6.66. The summed E-state index contributed by atoms with van der Waals surface area (Å²) in [6, 6.07) is 0. The Morgan fingerprint density at radius 1 is 0.247 bits per heavy atom. The van der Waals surface area contributed by atoms with E-state index in [-0.39, 0.29) is 31.1 Å². The summed E-state index contributed by atoms with van der Waals surface area (Å²) in [6.07, 6.45) is 88.7. The van der Waals surface area contributed by atoms with Crippen molar-refractivity contribution in [2.45, 2.75) is 399 Å². The molecule has 6 heteroatoms. The van der Waals surface area contributed by atoms with E-state index in [0.717, 1.165) is 83.5 Å². The average molecular weight is 1140 g/mol. The third-order valence-electron chi connectivity index (χ3n) is 16.3. The Hall–Kier alpha value is -2.63. The first-order chi connectivity index (χ1) is 40.0. The number of hydrogen-bond acceptors (Lipinski definition) is 6. The summed E-state index contributed by atoms with van der Waals surface area (Å²) in [4.78, 5) is 38.4. The molecule has 0 bridgehead atoms. The molecule has 0 N–H and O–H groups in total. The van der Waals surface area contributed by atoms with Crippen LogP contribution in [0.15, 0.2) is 48.6 Å². The van der Waals surface area contributed by atoms with Crippen molar-refractivity contribution >= 4 is 17.9 Å². The molecular formula is C75H138O6. The number of ether oxygens (including phenoxy) is 3. The van der Waals surface area contributed by atoms with E-state index in [9.17, 15) is 14.4 Å². The Labute approximate surface area is 505 Å². The molecule has 6 nitrogen and oxygen atoms in total. The molecule has 0 heterocycles. The van der Waals surface area contributed by atoms with Crippen molar-refractivity contribution in [1.29, 1.82) is 0 Å². The lowest BCUT2D eigenvalue weighted by molar-refractivity contribution is -0.167. The maximum absolute atomic E-state index is 12.9. The van der Waals surface area contributed by atoms with Crippen LogP contribution in [0, 0.1) is 0 Å². The van der Waals surface area contributed by atoms with Crippen molar-refractivity contribution in [2.24, 2.45) is 0 Å². The van der Waals surface area contributed by atoms with Crippen LogP contribution in [-0.2, 0) is 28.6 Å². The quantitative estimate of drug-likeness (QED) is 0.0261. The van der Waals surface area contributed by atoms with Gasteiger partial charge in [-0.1, -0.05) is 339 Å². The van der Waals surface area contributed by atoms with E-state index in [2.05, 4.69) is 69.4 Å². The van der Waals surface area contributed by atoms with Crippen LogP contribution < -0.4 is 0 Å². The van der Waals surface area contributed by atoms with Gasteiger partial charge in [0.1, 0.15) is 13.2 Å². The first-order valence-electron chi connectivity index (χ1n) is 36.1. The molecule has 0 radical (unpaired) electrons. The van der Waals surface area contributed by atoms with Crippen LogP contribution in [0.25, 0.3) is 0 Å². The van der Waals surface area contributed by atoms with Gasteiger partial charge >= 0.3 is 17.9 Å². The number of carbonyl (C=O) groups excluding carboxylic acids is 3. The van der Waals surface area contributed by atoms with Gasteiger partial charge in [0.05, 0.1) is 0 Å². The fourth-order valence-electron chi connectivity index (χ4n) is 10.9. The standard InChI is InChI=1S/C75H138O6/c1-4-7-10-13-16-19-22-25-27-29-31-33-35-36-37-38-39-41-42-44-46-48-50-53-56-59-62-65-68-74(77)80-71-72(70-79-73(76)67-64-61-58-55-52-24-21-18-15-12-9-6-3)81-75(78)69-66-63-60-57-54-51-49-47-45-43-40-34-32-30-28-26-23-20-17-14-11-8-5-2/h18,21,23,26,30,32,40,43,72H,4-17,19-20,22,24-25,27-29,31,33-39,41-42,44-71H2,1-3H3/b21-18-,26-23-,32-30-,43-40-. The Kier molecular flexibility index (Phi) is 67.6. The normalized spacial score (nSPS) is 12.3. The molecule has 474 valence electrons. The SMILES string of the molecule is CCCCC/C=C\CCCCCCCC(=O)OCC(COC(=O)CCCCCCCCCCCCCCCCCCCCCCCCCCCCCC)OC(=O)CCCCCCCCCC/C=C\C/C=C\C/C=C\CCCCCCC. The highest BCUT2D eigenvalue weighted by atomic mass is 16.6. The summed E-state index contributed by atoms with van der Waals surface area (Å²) in [5.74, 6) is -0.867. The molecule has 0 aromatic carbocycles.